The fourth-order valence-electron chi connectivity index (χ4n) is 2.48. The first kappa shape index (κ1) is 18.5. The maximum atomic E-state index is 11.1. The molecule has 1 fully saturated rings. The fourth-order valence-corrected chi connectivity index (χ4v) is 2.48. The van der Waals surface area contributed by atoms with Crippen LogP contribution in [0.5, 0.6) is 0 Å². The molecule has 1 aliphatic rings. The zero-order valence-electron chi connectivity index (χ0n) is 14.8. The van der Waals surface area contributed by atoms with Crippen molar-refractivity contribution in [3.05, 3.63) is 34.8 Å². The number of aromatic carboxylic acids is 1. The van der Waals surface area contributed by atoms with Gasteiger partial charge in [-0.25, -0.2) is 4.79 Å². The summed E-state index contributed by atoms with van der Waals surface area (Å²) < 4.78 is 12.2. The Balaban J connectivity index is 2.33. The number of carboxylic acid groups (broad SMARTS) is 1. The molecule has 130 valence electrons. The highest BCUT2D eigenvalue weighted by Gasteiger charge is 2.52. The van der Waals surface area contributed by atoms with E-state index in [9.17, 15) is 4.79 Å². The molecule has 0 spiro atoms. The Morgan fingerprint density at radius 2 is 1.88 bits per heavy atom. The van der Waals surface area contributed by atoms with Crippen LogP contribution in [-0.4, -0.2) is 43.0 Å². The van der Waals surface area contributed by atoms with Gasteiger partial charge in [0.05, 0.1) is 16.8 Å². The van der Waals surface area contributed by atoms with Gasteiger partial charge in [-0.05, 0) is 57.9 Å². The van der Waals surface area contributed by atoms with Gasteiger partial charge in [-0.15, -0.1) is 0 Å². The second-order valence-electron chi connectivity index (χ2n) is 6.99. The lowest BCUT2D eigenvalue weighted by Crippen LogP contribution is -2.41. The molecule has 1 aromatic carbocycles. The Hall–Kier alpha value is -1.83. The highest BCUT2D eigenvalue weighted by atomic mass is 16.7. The van der Waals surface area contributed by atoms with Crippen molar-refractivity contribution in [3.8, 4) is 0 Å². The fraction of sp³-hybridized carbons (Fsp3) is 0.471. The molecule has 0 bridgehead atoms. The molecule has 0 radical (unpaired) electrons. The summed E-state index contributed by atoms with van der Waals surface area (Å²) in [7, 11) is 1.38. The molecule has 2 rings (SSSR count). The van der Waals surface area contributed by atoms with E-state index in [2.05, 4.69) is 5.32 Å². The molecule has 1 aliphatic heterocycles. The van der Waals surface area contributed by atoms with Gasteiger partial charge in [0.1, 0.15) is 0 Å². The van der Waals surface area contributed by atoms with Crippen LogP contribution < -0.4 is 11.1 Å². The summed E-state index contributed by atoms with van der Waals surface area (Å²) in [5, 5.41) is 12.2. The number of nitrogen functional groups attached to an aromatic ring is 1. The minimum atomic E-state index is -1.04. The molecule has 4 N–H and O–H groups in total. The predicted octanol–water partition coefficient (Wildman–Crippen LogP) is 2.20. The van der Waals surface area contributed by atoms with Crippen LogP contribution in [0.4, 0.5) is 5.69 Å². The van der Waals surface area contributed by atoms with E-state index >= 15 is 0 Å². The number of nitrogens with two attached hydrogens (primary N) is 1. The van der Waals surface area contributed by atoms with E-state index in [0.29, 0.717) is 6.54 Å². The van der Waals surface area contributed by atoms with E-state index in [1.54, 1.807) is 12.1 Å². The third-order valence-corrected chi connectivity index (χ3v) is 4.59. The first-order valence-corrected chi connectivity index (χ1v) is 7.91. The Morgan fingerprint density at radius 1 is 1.29 bits per heavy atom. The SMILES string of the molecule is CNCC(=Cc1ccc(C(=O)O)c(N)c1)B1OC(C)(C)C(C)(C)O1. The first-order chi connectivity index (χ1) is 11.1. The second kappa shape index (κ2) is 6.59. The molecule has 7 heteroatoms. The largest absolute Gasteiger partial charge is 0.491 e. The van der Waals surface area contributed by atoms with Gasteiger partial charge < -0.3 is 25.5 Å². The van der Waals surface area contributed by atoms with Crippen molar-refractivity contribution in [1.29, 1.82) is 0 Å². The summed E-state index contributed by atoms with van der Waals surface area (Å²) in [4.78, 5) is 11.1. The Kier molecular flexibility index (Phi) is 5.08. The minimum absolute atomic E-state index is 0.0953. The average Bonchev–Trinajstić information content (AvgIpc) is 2.66. The van der Waals surface area contributed by atoms with Crippen molar-refractivity contribution >= 4 is 24.9 Å². The van der Waals surface area contributed by atoms with Crippen LogP contribution in [0.3, 0.4) is 0 Å². The molecule has 6 nitrogen and oxygen atoms in total. The van der Waals surface area contributed by atoms with Crippen molar-refractivity contribution in [3.63, 3.8) is 0 Å². The Morgan fingerprint density at radius 3 is 2.33 bits per heavy atom. The number of hydrogen-bond acceptors (Lipinski definition) is 5. The molecule has 0 unspecified atom stereocenters. The molecule has 0 atom stereocenters. The third-order valence-electron chi connectivity index (χ3n) is 4.59. The van der Waals surface area contributed by atoms with E-state index in [1.165, 1.54) is 6.07 Å². The molecule has 1 heterocycles. The third kappa shape index (κ3) is 3.63. The Bertz CT molecular complexity index is 655. The number of rotatable bonds is 5. The van der Waals surface area contributed by atoms with Crippen LogP contribution in [-0.2, 0) is 9.31 Å². The van der Waals surface area contributed by atoms with Crippen LogP contribution in [0.15, 0.2) is 23.7 Å². The van der Waals surface area contributed by atoms with E-state index < -0.39 is 24.3 Å². The monoisotopic (exact) mass is 332 g/mol. The number of nitrogens with one attached hydrogen (secondary N) is 1. The maximum absolute atomic E-state index is 11.1. The summed E-state index contributed by atoms with van der Waals surface area (Å²) in [5.41, 5.74) is 7.03. The van der Waals surface area contributed by atoms with Gasteiger partial charge in [0.25, 0.3) is 0 Å². The lowest BCUT2D eigenvalue weighted by molar-refractivity contribution is 0.00578. The van der Waals surface area contributed by atoms with Crippen LogP contribution in [0.25, 0.3) is 6.08 Å². The molecule has 24 heavy (non-hydrogen) atoms. The van der Waals surface area contributed by atoms with Crippen molar-refractivity contribution in [2.75, 3.05) is 19.3 Å². The molecule has 0 aliphatic carbocycles. The van der Waals surface area contributed by atoms with Gasteiger partial charge in [0.2, 0.25) is 0 Å². The second-order valence-corrected chi connectivity index (χ2v) is 6.99. The average molecular weight is 332 g/mol. The summed E-state index contributed by atoms with van der Waals surface area (Å²) in [5.74, 6) is -1.04. The van der Waals surface area contributed by atoms with Gasteiger partial charge >= 0.3 is 13.1 Å². The van der Waals surface area contributed by atoms with Crippen molar-refractivity contribution in [2.45, 2.75) is 38.9 Å². The highest BCUT2D eigenvalue weighted by molar-refractivity contribution is 6.55. The Labute approximate surface area is 143 Å². The van der Waals surface area contributed by atoms with Gasteiger partial charge in [-0.1, -0.05) is 12.1 Å². The van der Waals surface area contributed by atoms with Crippen LogP contribution >= 0.6 is 0 Å². The summed E-state index contributed by atoms with van der Waals surface area (Å²) in [6.45, 7) is 8.60. The number of hydrogen-bond donors (Lipinski definition) is 3. The number of likely N-dealkylation sites (N-methyl/N-ethyl adjacent to an activating group) is 1. The van der Waals surface area contributed by atoms with Crippen molar-refractivity contribution in [1.82, 2.24) is 5.32 Å². The standard InChI is InChI=1S/C17H25BN2O4/c1-16(2)17(3,4)24-18(23-16)12(10-20-5)8-11-6-7-13(15(21)22)14(19)9-11/h6-9,20H,10,19H2,1-5H3,(H,21,22). The van der Waals surface area contributed by atoms with Crippen molar-refractivity contribution in [2.24, 2.45) is 0 Å². The van der Waals surface area contributed by atoms with Crippen molar-refractivity contribution < 1.29 is 19.2 Å². The lowest BCUT2D eigenvalue weighted by atomic mass is 9.77. The smallest absolute Gasteiger partial charge is 0.478 e. The van der Waals surface area contributed by atoms with E-state index in [-0.39, 0.29) is 11.3 Å². The quantitative estimate of drug-likeness (QED) is 0.565. The topological polar surface area (TPSA) is 93.8 Å². The molecule has 0 amide bonds. The van der Waals surface area contributed by atoms with Gasteiger partial charge in [-0.3, -0.25) is 0 Å². The molecular formula is C17H25BN2O4. The zero-order valence-corrected chi connectivity index (χ0v) is 14.8. The number of benzene rings is 1. The van der Waals surface area contributed by atoms with Crippen LogP contribution in [0.1, 0.15) is 43.6 Å². The van der Waals surface area contributed by atoms with Crippen LogP contribution in [0.2, 0.25) is 0 Å². The normalized spacial score (nSPS) is 19.5. The molecule has 0 saturated carbocycles. The van der Waals surface area contributed by atoms with Crippen LogP contribution in [0, 0.1) is 0 Å². The highest BCUT2D eigenvalue weighted by Crippen LogP contribution is 2.38. The van der Waals surface area contributed by atoms with E-state index in [4.69, 9.17) is 20.1 Å². The molecular weight excluding hydrogens is 307 g/mol. The van der Waals surface area contributed by atoms with Gasteiger partial charge in [-0.2, -0.15) is 0 Å². The number of anilines is 1. The summed E-state index contributed by atoms with van der Waals surface area (Å²) in [6.07, 6.45) is 1.92. The summed E-state index contributed by atoms with van der Waals surface area (Å²) >= 11 is 0. The van der Waals surface area contributed by atoms with Gasteiger partial charge in [0, 0.05) is 12.2 Å². The maximum Gasteiger partial charge on any atom is 0.491 e. The van der Waals surface area contributed by atoms with E-state index in [1.807, 2.05) is 40.8 Å². The summed E-state index contributed by atoms with van der Waals surface area (Å²) in [6, 6.07) is 4.87. The predicted molar refractivity (Wildman–Crippen MR) is 95.8 cm³/mol. The zero-order chi connectivity index (χ0) is 18.1. The minimum Gasteiger partial charge on any atom is -0.478 e. The molecule has 1 aromatic rings. The first-order valence-electron chi connectivity index (χ1n) is 7.91. The van der Waals surface area contributed by atoms with E-state index in [0.717, 1.165) is 11.0 Å². The lowest BCUT2D eigenvalue weighted by Gasteiger charge is -2.32. The molecule has 1 saturated heterocycles. The van der Waals surface area contributed by atoms with Gasteiger partial charge in [0.15, 0.2) is 0 Å². The molecule has 0 aromatic heterocycles. The number of carboxylic acids is 1. The number of carbonyl (C=O) groups is 1.